The Hall–Kier alpha value is -6.99. The number of nitrogens with zero attached hydrogens (tertiary/aromatic N) is 4. The third-order valence-corrected chi connectivity index (χ3v) is 14.7. The first kappa shape index (κ1) is 37.3. The molecule has 5 N–H and O–H groups in total. The second-order valence-electron chi connectivity index (χ2n) is 14.4. The maximum atomic E-state index is 13.9. The highest BCUT2D eigenvalue weighted by Crippen LogP contribution is 2.33. The molecule has 6 aromatic carbocycles. The summed E-state index contributed by atoms with van der Waals surface area (Å²) in [6.07, 6.45) is 0. The summed E-state index contributed by atoms with van der Waals surface area (Å²) in [4.78, 5) is 30.7. The molecule has 10 aromatic rings. The number of hydrogen-bond donors (Lipinski definition) is 5. The molecule has 0 radical (unpaired) electrons. The number of H-pyrrole nitrogens is 4. The van der Waals surface area contributed by atoms with Crippen molar-refractivity contribution in [3.05, 3.63) is 127 Å². The normalized spacial score (nSPS) is 12.7. The number of imidazole rings is 4. The SMILES string of the molecule is Cc1ccc(-c2nc3cc(S(=O)(=O)c4ccc5nc(-c6ccc(-c7nc8cc(S(=O)(=O)c9ccc%10nc(C)[nH]c%10c9)ccc8[nH]7)cc6)[nH]c5c4)ccc3[nH]2)c(S(=O)(=O)O)c1. The van der Waals surface area contributed by atoms with Crippen LogP contribution in [0.15, 0.2) is 140 Å². The quantitative estimate of drug-likeness (QED) is 0.0928. The van der Waals surface area contributed by atoms with Crippen molar-refractivity contribution in [2.45, 2.75) is 38.3 Å². The zero-order valence-electron chi connectivity index (χ0n) is 31.4. The standard InChI is InChI=1S/C42H30N8O7S3/c1-22-3-12-30(39(17-22)60(55,56)57)42-47-34-16-11-29(21-38(34)50-42)59(53,54)28-10-15-33-37(20-28)49-41(46-33)25-6-4-24(5-7-25)40-45-32-14-9-27(19-36(32)48-40)58(51,52)26-8-13-31-35(18-26)44-23(2)43-31/h3-21H,1-2H3,(H,43,44)(H,45,48)(H,46,49)(H,47,50)(H,55,56,57). The molecule has 0 saturated heterocycles. The molecule has 10 rings (SSSR count). The Morgan fingerprint density at radius 2 is 0.883 bits per heavy atom. The molecule has 0 aliphatic heterocycles. The first-order valence-corrected chi connectivity index (χ1v) is 22.7. The molecule has 0 atom stereocenters. The number of sulfone groups is 2. The largest absolute Gasteiger partial charge is 0.342 e. The average Bonchev–Trinajstić information content (AvgIpc) is 4.03. The predicted molar refractivity (Wildman–Crippen MR) is 224 cm³/mol. The van der Waals surface area contributed by atoms with Gasteiger partial charge >= 0.3 is 0 Å². The molecule has 0 saturated carbocycles. The van der Waals surface area contributed by atoms with Crippen LogP contribution in [0, 0.1) is 13.8 Å². The van der Waals surface area contributed by atoms with Gasteiger partial charge in [0.15, 0.2) is 0 Å². The van der Waals surface area contributed by atoms with E-state index in [2.05, 4.69) is 34.9 Å². The molecule has 0 aliphatic carbocycles. The molecular weight excluding hydrogens is 825 g/mol. The van der Waals surface area contributed by atoms with Gasteiger partial charge in [-0.15, -0.1) is 0 Å². The number of benzene rings is 6. The summed E-state index contributed by atoms with van der Waals surface area (Å²) < 4.78 is 88.9. The number of aryl methyl sites for hydroxylation is 2. The van der Waals surface area contributed by atoms with E-state index in [0.29, 0.717) is 61.7 Å². The summed E-state index contributed by atoms with van der Waals surface area (Å²) in [7, 11) is -12.4. The second kappa shape index (κ2) is 13.3. The van der Waals surface area contributed by atoms with E-state index in [4.69, 9.17) is 4.98 Å². The molecule has 0 fully saturated rings. The van der Waals surface area contributed by atoms with Crippen molar-refractivity contribution in [1.29, 1.82) is 0 Å². The van der Waals surface area contributed by atoms with Crippen LogP contribution in [0.3, 0.4) is 0 Å². The van der Waals surface area contributed by atoms with Crippen LogP contribution in [0.5, 0.6) is 0 Å². The maximum Gasteiger partial charge on any atom is 0.295 e. The molecule has 18 heteroatoms. The lowest BCUT2D eigenvalue weighted by Gasteiger charge is -2.05. The van der Waals surface area contributed by atoms with Crippen molar-refractivity contribution in [3.8, 4) is 34.2 Å². The van der Waals surface area contributed by atoms with Crippen molar-refractivity contribution in [1.82, 2.24) is 39.9 Å². The van der Waals surface area contributed by atoms with Crippen molar-refractivity contribution < 1.29 is 29.8 Å². The Bertz CT molecular complexity index is 3760. The average molecular weight is 855 g/mol. The highest BCUT2D eigenvalue weighted by Gasteiger charge is 2.24. The third kappa shape index (κ3) is 6.33. The van der Waals surface area contributed by atoms with Crippen LogP contribution in [0.4, 0.5) is 0 Å². The van der Waals surface area contributed by atoms with Gasteiger partial charge < -0.3 is 19.9 Å². The summed E-state index contributed by atoms with van der Waals surface area (Å²) in [5, 5.41) is 0. The fraction of sp³-hybridized carbons (Fsp3) is 0.0476. The van der Waals surface area contributed by atoms with Gasteiger partial charge in [-0.25, -0.2) is 36.8 Å². The first-order valence-electron chi connectivity index (χ1n) is 18.3. The second-order valence-corrected chi connectivity index (χ2v) is 19.6. The van der Waals surface area contributed by atoms with Crippen LogP contribution in [0.25, 0.3) is 78.3 Å². The number of aromatic amines is 4. The fourth-order valence-electron chi connectivity index (χ4n) is 7.24. The van der Waals surface area contributed by atoms with Crippen LogP contribution in [0.1, 0.15) is 11.4 Å². The number of fused-ring (bicyclic) bond motifs is 4. The topological polar surface area (TPSA) is 237 Å². The maximum absolute atomic E-state index is 13.9. The molecule has 60 heavy (non-hydrogen) atoms. The Kier molecular flexibility index (Phi) is 8.24. The lowest BCUT2D eigenvalue weighted by atomic mass is 10.1. The summed E-state index contributed by atoms with van der Waals surface area (Å²) in [5.41, 5.74) is 6.55. The third-order valence-electron chi connectivity index (χ3n) is 10.3. The molecule has 15 nitrogen and oxygen atoms in total. The van der Waals surface area contributed by atoms with E-state index in [1.165, 1.54) is 36.4 Å². The molecule has 4 heterocycles. The van der Waals surface area contributed by atoms with E-state index in [0.717, 1.165) is 11.1 Å². The first-order chi connectivity index (χ1) is 28.6. The molecule has 0 spiro atoms. The summed E-state index contributed by atoms with van der Waals surface area (Å²) in [6, 6.07) is 30.6. The van der Waals surface area contributed by atoms with Gasteiger partial charge in [0.05, 0.1) is 63.7 Å². The molecule has 0 aliphatic rings. The lowest BCUT2D eigenvalue weighted by Crippen LogP contribution is -2.02. The minimum absolute atomic E-state index is 0.0210. The Balaban J connectivity index is 0.900. The van der Waals surface area contributed by atoms with Gasteiger partial charge in [0.2, 0.25) is 19.7 Å². The van der Waals surface area contributed by atoms with E-state index < -0.39 is 29.8 Å². The van der Waals surface area contributed by atoms with Gasteiger partial charge in [0.1, 0.15) is 28.2 Å². The van der Waals surface area contributed by atoms with Crippen LogP contribution in [-0.4, -0.2) is 69.7 Å². The van der Waals surface area contributed by atoms with Crippen molar-refractivity contribution in [2.24, 2.45) is 0 Å². The Morgan fingerprint density at radius 1 is 0.433 bits per heavy atom. The molecular formula is C42H30N8O7S3. The summed E-state index contributed by atoms with van der Waals surface area (Å²) in [6.45, 7) is 3.50. The molecule has 298 valence electrons. The number of nitrogens with one attached hydrogen (secondary N) is 4. The van der Waals surface area contributed by atoms with Crippen molar-refractivity contribution >= 4 is 73.9 Å². The zero-order valence-corrected chi connectivity index (χ0v) is 33.8. The van der Waals surface area contributed by atoms with Crippen molar-refractivity contribution in [2.75, 3.05) is 0 Å². The fourth-order valence-corrected chi connectivity index (χ4v) is 10.6. The van der Waals surface area contributed by atoms with E-state index in [-0.39, 0.29) is 41.4 Å². The molecule has 4 aromatic heterocycles. The highest BCUT2D eigenvalue weighted by molar-refractivity contribution is 7.91. The van der Waals surface area contributed by atoms with Gasteiger partial charge in [-0.05, 0) is 104 Å². The smallest absolute Gasteiger partial charge is 0.295 e. The molecule has 0 amide bonds. The summed E-state index contributed by atoms with van der Waals surface area (Å²) in [5.74, 6) is 1.91. The van der Waals surface area contributed by atoms with E-state index in [9.17, 15) is 29.8 Å². The minimum Gasteiger partial charge on any atom is -0.342 e. The number of rotatable bonds is 8. The van der Waals surface area contributed by atoms with Crippen molar-refractivity contribution in [3.63, 3.8) is 0 Å². The Labute approximate surface area is 341 Å². The molecule has 0 bridgehead atoms. The predicted octanol–water partition coefficient (Wildman–Crippen LogP) is 7.72. The molecule has 0 unspecified atom stereocenters. The van der Waals surface area contributed by atoms with E-state index in [1.54, 1.807) is 61.5 Å². The van der Waals surface area contributed by atoms with Crippen LogP contribution in [0.2, 0.25) is 0 Å². The van der Waals surface area contributed by atoms with Crippen LogP contribution in [-0.2, 0) is 29.8 Å². The zero-order chi connectivity index (χ0) is 41.7. The van der Waals surface area contributed by atoms with Gasteiger partial charge in [-0.1, -0.05) is 30.3 Å². The van der Waals surface area contributed by atoms with Gasteiger partial charge in [-0.2, -0.15) is 8.42 Å². The van der Waals surface area contributed by atoms with Gasteiger partial charge in [0.25, 0.3) is 10.1 Å². The number of aromatic nitrogens is 8. The van der Waals surface area contributed by atoms with E-state index in [1.807, 2.05) is 31.2 Å². The minimum atomic E-state index is -4.56. The van der Waals surface area contributed by atoms with Crippen LogP contribution >= 0.6 is 0 Å². The van der Waals surface area contributed by atoms with Crippen LogP contribution < -0.4 is 0 Å². The van der Waals surface area contributed by atoms with Gasteiger partial charge in [-0.3, -0.25) is 4.55 Å². The number of hydrogen-bond acceptors (Lipinski definition) is 10. The lowest BCUT2D eigenvalue weighted by molar-refractivity contribution is 0.483. The monoisotopic (exact) mass is 854 g/mol. The highest BCUT2D eigenvalue weighted by atomic mass is 32.2. The van der Waals surface area contributed by atoms with Gasteiger partial charge in [0, 0.05) is 16.7 Å². The van der Waals surface area contributed by atoms with E-state index >= 15 is 0 Å². The summed E-state index contributed by atoms with van der Waals surface area (Å²) >= 11 is 0. The Morgan fingerprint density at radius 3 is 1.45 bits per heavy atom.